The lowest BCUT2D eigenvalue weighted by molar-refractivity contribution is -0.117. The van der Waals surface area contributed by atoms with Gasteiger partial charge >= 0.3 is 0 Å². The van der Waals surface area contributed by atoms with Crippen molar-refractivity contribution in [3.63, 3.8) is 0 Å². The number of amides is 1. The van der Waals surface area contributed by atoms with Crippen molar-refractivity contribution in [1.29, 1.82) is 0 Å². The third-order valence-electron chi connectivity index (χ3n) is 5.78. The SMILES string of the molecule is C=Cc1ccc(CC(=O)c2cc(NC(=O)C3C(c4cc(Cl)cc(Cl)c4)C3(Cl)Cl)ccc2Cl)c(F)c1. The van der Waals surface area contributed by atoms with Gasteiger partial charge in [0.2, 0.25) is 5.91 Å². The van der Waals surface area contributed by atoms with Crippen LogP contribution < -0.4 is 5.32 Å². The van der Waals surface area contributed by atoms with E-state index in [1.54, 1.807) is 30.3 Å². The Kier molecular flexibility index (Phi) is 7.51. The smallest absolute Gasteiger partial charge is 0.231 e. The first-order chi connectivity index (χ1) is 16.5. The van der Waals surface area contributed by atoms with Crippen molar-refractivity contribution in [3.05, 3.63) is 104 Å². The number of hydrogen-bond donors (Lipinski definition) is 1. The molecule has 1 aliphatic rings. The monoisotopic (exact) mass is 569 g/mol. The van der Waals surface area contributed by atoms with Gasteiger partial charge < -0.3 is 5.32 Å². The molecule has 1 amide bonds. The Bertz CT molecular complexity index is 1340. The molecule has 0 bridgehead atoms. The first-order valence-corrected chi connectivity index (χ1v) is 12.3. The van der Waals surface area contributed by atoms with Crippen molar-refractivity contribution < 1.29 is 14.0 Å². The molecular weight excluding hydrogens is 555 g/mol. The molecule has 1 saturated carbocycles. The molecule has 1 fully saturated rings. The summed E-state index contributed by atoms with van der Waals surface area (Å²) in [5.41, 5.74) is 1.94. The highest BCUT2D eigenvalue weighted by Crippen LogP contribution is 2.65. The number of nitrogens with one attached hydrogen (secondary N) is 1. The van der Waals surface area contributed by atoms with Crippen molar-refractivity contribution in [2.24, 2.45) is 5.92 Å². The fraction of sp³-hybridized carbons (Fsp3) is 0.154. The normalized spacial score (nSPS) is 18.1. The standard InChI is InChI=1S/C26H17Cl5FNO2/c1-2-13-3-4-14(21(32)7-13)10-22(34)19-12-18(5-6-20(19)29)33-25(35)24-23(26(24,30)31)15-8-16(27)11-17(28)9-15/h2-9,11-12,23-24H,1,10H2,(H,33,35). The highest BCUT2D eigenvalue weighted by Gasteiger charge is 2.67. The number of halogens is 6. The van der Waals surface area contributed by atoms with Gasteiger partial charge in [-0.1, -0.05) is 59.6 Å². The van der Waals surface area contributed by atoms with E-state index in [0.717, 1.165) is 0 Å². The summed E-state index contributed by atoms with van der Waals surface area (Å²) >= 11 is 31.2. The number of Topliss-reactive ketones (excluding diaryl/α,β-unsaturated/α-hetero) is 1. The van der Waals surface area contributed by atoms with Crippen LogP contribution in [0.4, 0.5) is 10.1 Å². The minimum absolute atomic E-state index is 0.147. The molecule has 0 spiro atoms. The van der Waals surface area contributed by atoms with Gasteiger partial charge in [0.1, 0.15) is 10.2 Å². The number of benzene rings is 3. The molecule has 3 aromatic rings. The Hall–Kier alpha value is -2.08. The molecule has 1 N–H and O–H groups in total. The van der Waals surface area contributed by atoms with E-state index < -0.39 is 33.7 Å². The Morgan fingerprint density at radius 2 is 1.69 bits per heavy atom. The third kappa shape index (κ3) is 5.52. The predicted octanol–water partition coefficient (Wildman–Crippen LogP) is 8.38. The fourth-order valence-corrected chi connectivity index (χ4v) is 5.56. The number of hydrogen-bond acceptors (Lipinski definition) is 2. The maximum atomic E-state index is 14.3. The molecule has 2 atom stereocenters. The Balaban J connectivity index is 1.51. The predicted molar refractivity (Wildman–Crippen MR) is 142 cm³/mol. The molecule has 3 aromatic carbocycles. The number of carbonyl (C=O) groups is 2. The maximum Gasteiger partial charge on any atom is 0.231 e. The van der Waals surface area contributed by atoms with Crippen LogP contribution in [-0.2, 0) is 11.2 Å². The van der Waals surface area contributed by atoms with Crippen molar-refractivity contribution in [2.75, 3.05) is 5.32 Å². The van der Waals surface area contributed by atoms with Crippen LogP contribution in [0.15, 0.2) is 61.2 Å². The van der Waals surface area contributed by atoms with Gasteiger partial charge in [-0.2, -0.15) is 0 Å². The average molecular weight is 572 g/mol. The number of alkyl halides is 2. The molecule has 2 unspecified atom stereocenters. The number of ketones is 1. The highest BCUT2D eigenvalue weighted by molar-refractivity contribution is 6.53. The molecule has 4 rings (SSSR count). The number of anilines is 1. The second kappa shape index (κ2) is 10.1. The molecule has 0 aliphatic heterocycles. The topological polar surface area (TPSA) is 46.2 Å². The first kappa shape index (κ1) is 26.0. The van der Waals surface area contributed by atoms with Gasteiger partial charge in [-0.25, -0.2) is 4.39 Å². The van der Waals surface area contributed by atoms with Crippen molar-refractivity contribution >= 4 is 81.5 Å². The van der Waals surface area contributed by atoms with Crippen molar-refractivity contribution in [2.45, 2.75) is 16.7 Å². The maximum absolute atomic E-state index is 14.3. The van der Waals surface area contributed by atoms with Crippen LogP contribution in [0.25, 0.3) is 6.08 Å². The molecule has 0 saturated heterocycles. The van der Waals surface area contributed by atoms with Gasteiger partial charge in [0.15, 0.2) is 5.78 Å². The Morgan fingerprint density at radius 1 is 1.00 bits per heavy atom. The van der Waals surface area contributed by atoms with E-state index in [0.29, 0.717) is 26.9 Å². The van der Waals surface area contributed by atoms with E-state index in [9.17, 15) is 14.0 Å². The molecule has 9 heteroatoms. The summed E-state index contributed by atoms with van der Waals surface area (Å²) in [5.74, 6) is -2.65. The zero-order valence-corrected chi connectivity index (χ0v) is 21.7. The minimum atomic E-state index is -1.35. The van der Waals surface area contributed by atoms with Crippen LogP contribution in [0.1, 0.15) is 33.0 Å². The van der Waals surface area contributed by atoms with Gasteiger partial charge in [-0.3, -0.25) is 9.59 Å². The second-order valence-corrected chi connectivity index (χ2v) is 10.9. The Morgan fingerprint density at radius 3 is 2.31 bits per heavy atom. The van der Waals surface area contributed by atoms with Gasteiger partial charge in [-0.15, -0.1) is 23.2 Å². The van der Waals surface area contributed by atoms with Crippen molar-refractivity contribution in [3.8, 4) is 0 Å². The van der Waals surface area contributed by atoms with Gasteiger partial charge in [0, 0.05) is 33.6 Å². The first-order valence-electron chi connectivity index (χ1n) is 10.4. The quantitative estimate of drug-likeness (QED) is 0.229. The Labute approximate surface area is 226 Å². The summed E-state index contributed by atoms with van der Waals surface area (Å²) in [4.78, 5) is 25.9. The average Bonchev–Trinajstić information content (AvgIpc) is 3.37. The van der Waals surface area contributed by atoms with Crippen LogP contribution in [0.5, 0.6) is 0 Å². The van der Waals surface area contributed by atoms with E-state index in [4.69, 9.17) is 58.0 Å². The zero-order valence-electron chi connectivity index (χ0n) is 17.9. The van der Waals surface area contributed by atoms with Crippen LogP contribution in [0.3, 0.4) is 0 Å². The minimum Gasteiger partial charge on any atom is -0.326 e. The van der Waals surface area contributed by atoms with Gasteiger partial charge in [-0.05, 0) is 59.2 Å². The summed E-state index contributed by atoms with van der Waals surface area (Å²) in [6.07, 6.45) is 1.31. The molecule has 0 aromatic heterocycles. The van der Waals surface area contributed by atoms with Crippen LogP contribution in [0, 0.1) is 11.7 Å². The third-order valence-corrected chi connectivity index (χ3v) is 7.48. The van der Waals surface area contributed by atoms with Gasteiger partial charge in [0.25, 0.3) is 0 Å². The molecule has 3 nitrogen and oxygen atoms in total. The molecule has 0 heterocycles. The lowest BCUT2D eigenvalue weighted by Crippen LogP contribution is -2.17. The summed E-state index contributed by atoms with van der Waals surface area (Å²) in [6.45, 7) is 3.60. The van der Waals surface area contributed by atoms with E-state index >= 15 is 0 Å². The lowest BCUT2D eigenvalue weighted by Gasteiger charge is -2.10. The fourth-order valence-electron chi connectivity index (χ4n) is 3.96. The second-order valence-electron chi connectivity index (χ2n) is 8.17. The van der Waals surface area contributed by atoms with E-state index in [1.807, 2.05) is 0 Å². The van der Waals surface area contributed by atoms with Crippen LogP contribution in [-0.4, -0.2) is 16.0 Å². The molecule has 35 heavy (non-hydrogen) atoms. The highest BCUT2D eigenvalue weighted by atomic mass is 35.5. The van der Waals surface area contributed by atoms with Crippen LogP contribution >= 0.6 is 58.0 Å². The largest absolute Gasteiger partial charge is 0.326 e. The van der Waals surface area contributed by atoms with E-state index in [2.05, 4.69) is 11.9 Å². The van der Waals surface area contributed by atoms with Crippen LogP contribution in [0.2, 0.25) is 15.1 Å². The summed E-state index contributed by atoms with van der Waals surface area (Å²) in [6, 6.07) is 13.9. The van der Waals surface area contributed by atoms with Crippen molar-refractivity contribution in [1.82, 2.24) is 0 Å². The molecule has 0 radical (unpaired) electrons. The summed E-state index contributed by atoms with van der Waals surface area (Å²) in [5, 5.41) is 3.71. The summed E-state index contributed by atoms with van der Waals surface area (Å²) < 4.78 is 13.0. The molecular formula is C26H17Cl5FNO2. The van der Waals surface area contributed by atoms with E-state index in [1.165, 1.54) is 30.3 Å². The number of rotatable bonds is 7. The molecule has 180 valence electrons. The van der Waals surface area contributed by atoms with E-state index in [-0.39, 0.29) is 22.6 Å². The number of carbonyl (C=O) groups excluding carboxylic acids is 2. The van der Waals surface area contributed by atoms with Gasteiger partial charge in [0.05, 0.1) is 10.9 Å². The summed E-state index contributed by atoms with van der Waals surface area (Å²) in [7, 11) is 0. The zero-order chi connectivity index (χ0) is 25.5. The lowest BCUT2D eigenvalue weighted by atomic mass is 10.0. The molecule has 1 aliphatic carbocycles.